The number of hydrogen-bond donors (Lipinski definition) is 4. The van der Waals surface area contributed by atoms with E-state index in [9.17, 15) is 30.0 Å². The van der Waals surface area contributed by atoms with Crippen LogP contribution in [0.1, 0.15) is 44.1 Å². The molecule has 10 heteroatoms. The third-order valence-electron chi connectivity index (χ3n) is 7.67. The van der Waals surface area contributed by atoms with Crippen LogP contribution >= 0.6 is 0 Å². The maximum Gasteiger partial charge on any atom is 0.178 e. The normalized spacial score (nSPS) is 21.0. The summed E-state index contributed by atoms with van der Waals surface area (Å²) in [5, 5.41) is 41.6. The van der Waals surface area contributed by atoms with E-state index in [0.717, 1.165) is 6.07 Å². The van der Waals surface area contributed by atoms with Crippen molar-refractivity contribution in [2.45, 2.75) is 12.2 Å². The van der Waals surface area contributed by atoms with Gasteiger partial charge in [-0.25, -0.2) is 0 Å². The second-order valence-electron chi connectivity index (χ2n) is 10.1. The van der Waals surface area contributed by atoms with Crippen LogP contribution in [0.3, 0.4) is 0 Å². The minimum absolute atomic E-state index is 0.0193. The highest BCUT2D eigenvalue weighted by atomic mass is 16.5. The number of Topliss-reactive ketones (excluding diaryl/α,β-unsaturated/α-hetero) is 2. The zero-order valence-electron chi connectivity index (χ0n) is 22.5. The SMILES string of the molecule is COc1ccc([C@H]2Oc3cc(OC)cc(O)c3C(=O)[C@H]2[C@@H]2C(=O)c3c(O)cc(O)cc3O[C@@H]2c2ccc(O)cc2)cc1. The minimum Gasteiger partial charge on any atom is -0.508 e. The first-order valence-electron chi connectivity index (χ1n) is 13.0. The highest BCUT2D eigenvalue weighted by Gasteiger charge is 2.53. The van der Waals surface area contributed by atoms with Crippen LogP contribution in [0.2, 0.25) is 0 Å². The van der Waals surface area contributed by atoms with E-state index < -0.39 is 41.4 Å². The zero-order valence-corrected chi connectivity index (χ0v) is 22.5. The summed E-state index contributed by atoms with van der Waals surface area (Å²) in [5.74, 6) is -4.11. The molecule has 2 aliphatic rings. The predicted molar refractivity (Wildman–Crippen MR) is 148 cm³/mol. The topological polar surface area (TPSA) is 152 Å². The summed E-state index contributed by atoms with van der Waals surface area (Å²) in [6, 6.07) is 17.8. The molecule has 10 nitrogen and oxygen atoms in total. The van der Waals surface area contributed by atoms with Crippen molar-refractivity contribution in [3.05, 3.63) is 95.1 Å². The summed E-state index contributed by atoms with van der Waals surface area (Å²) < 4.78 is 23.2. The number of aromatic hydroxyl groups is 4. The summed E-state index contributed by atoms with van der Waals surface area (Å²) >= 11 is 0. The second-order valence-corrected chi connectivity index (χ2v) is 10.1. The average Bonchev–Trinajstić information content (AvgIpc) is 2.97. The Morgan fingerprint density at radius 2 is 1.05 bits per heavy atom. The molecular weight excluding hydrogens is 544 g/mol. The van der Waals surface area contributed by atoms with E-state index in [1.807, 2.05) is 0 Å². The fraction of sp³-hybridized carbons (Fsp3) is 0.188. The van der Waals surface area contributed by atoms with Gasteiger partial charge in [-0.2, -0.15) is 0 Å². The lowest BCUT2D eigenvalue weighted by Crippen LogP contribution is -2.45. The number of methoxy groups -OCH3 is 2. The van der Waals surface area contributed by atoms with Gasteiger partial charge >= 0.3 is 0 Å². The Bertz CT molecular complexity index is 1690. The van der Waals surface area contributed by atoms with Gasteiger partial charge in [0.25, 0.3) is 0 Å². The van der Waals surface area contributed by atoms with E-state index in [2.05, 4.69) is 0 Å². The van der Waals surface area contributed by atoms with Crippen molar-refractivity contribution in [1.82, 2.24) is 0 Å². The van der Waals surface area contributed by atoms with Crippen molar-refractivity contribution in [2.75, 3.05) is 14.2 Å². The fourth-order valence-corrected chi connectivity index (χ4v) is 5.70. The molecule has 6 rings (SSSR count). The molecular formula is C32H26O10. The first kappa shape index (κ1) is 26.8. The molecule has 0 aromatic heterocycles. The van der Waals surface area contributed by atoms with Gasteiger partial charge in [0.2, 0.25) is 0 Å². The summed E-state index contributed by atoms with van der Waals surface area (Å²) in [4.78, 5) is 28.8. The van der Waals surface area contributed by atoms with Crippen molar-refractivity contribution in [3.63, 3.8) is 0 Å². The predicted octanol–water partition coefficient (Wildman–Crippen LogP) is 5.09. The molecule has 0 aliphatic carbocycles. The molecule has 4 atom stereocenters. The fourth-order valence-electron chi connectivity index (χ4n) is 5.70. The monoisotopic (exact) mass is 570 g/mol. The van der Waals surface area contributed by atoms with Crippen molar-refractivity contribution in [3.8, 4) is 46.0 Å². The van der Waals surface area contributed by atoms with E-state index in [1.165, 1.54) is 44.6 Å². The highest BCUT2D eigenvalue weighted by Crippen LogP contribution is 2.53. The van der Waals surface area contributed by atoms with E-state index in [4.69, 9.17) is 18.9 Å². The number of hydrogen-bond acceptors (Lipinski definition) is 10. The molecule has 42 heavy (non-hydrogen) atoms. The van der Waals surface area contributed by atoms with E-state index in [1.54, 1.807) is 36.4 Å². The average molecular weight is 571 g/mol. The Labute approximate surface area is 239 Å². The van der Waals surface area contributed by atoms with Crippen LogP contribution in [0, 0.1) is 11.8 Å². The molecule has 2 heterocycles. The molecule has 0 amide bonds. The molecule has 4 aromatic rings. The maximum atomic E-state index is 14.4. The molecule has 4 N–H and O–H groups in total. The lowest BCUT2D eigenvalue weighted by atomic mass is 9.69. The van der Waals surface area contributed by atoms with Crippen LogP contribution in [0.5, 0.6) is 46.0 Å². The summed E-state index contributed by atoms with van der Waals surface area (Å²) in [6.45, 7) is 0. The molecule has 0 saturated heterocycles. The second kappa shape index (κ2) is 10.2. The zero-order chi connectivity index (χ0) is 29.7. The molecule has 0 fully saturated rings. The molecule has 0 unspecified atom stereocenters. The lowest BCUT2D eigenvalue weighted by Gasteiger charge is -2.42. The van der Waals surface area contributed by atoms with Crippen molar-refractivity contribution >= 4 is 11.6 Å². The van der Waals surface area contributed by atoms with Gasteiger partial charge < -0.3 is 39.4 Å². The van der Waals surface area contributed by atoms with Crippen LogP contribution in [-0.2, 0) is 0 Å². The molecule has 0 spiro atoms. The molecule has 214 valence electrons. The van der Waals surface area contributed by atoms with Crippen LogP contribution in [0.25, 0.3) is 0 Å². The number of ether oxygens (including phenoxy) is 4. The molecule has 4 aromatic carbocycles. The number of phenols is 4. The van der Waals surface area contributed by atoms with E-state index in [0.29, 0.717) is 16.9 Å². The Kier molecular flexibility index (Phi) is 6.53. The Morgan fingerprint density at radius 1 is 0.571 bits per heavy atom. The Morgan fingerprint density at radius 3 is 1.57 bits per heavy atom. The van der Waals surface area contributed by atoms with Gasteiger partial charge in [0.05, 0.1) is 26.1 Å². The van der Waals surface area contributed by atoms with Gasteiger partial charge in [-0.05, 0) is 35.4 Å². The van der Waals surface area contributed by atoms with Gasteiger partial charge in [0.15, 0.2) is 11.6 Å². The van der Waals surface area contributed by atoms with Crippen molar-refractivity contribution < 1.29 is 49.0 Å². The largest absolute Gasteiger partial charge is 0.508 e. The molecule has 0 bridgehead atoms. The van der Waals surface area contributed by atoms with Crippen LogP contribution in [-0.4, -0.2) is 46.2 Å². The minimum atomic E-state index is -1.27. The van der Waals surface area contributed by atoms with Gasteiger partial charge in [0.1, 0.15) is 69.3 Å². The first-order valence-corrected chi connectivity index (χ1v) is 13.0. The first-order chi connectivity index (χ1) is 20.2. The number of phenolic OH excluding ortho intramolecular Hbond substituents is 4. The third-order valence-corrected chi connectivity index (χ3v) is 7.67. The third kappa shape index (κ3) is 4.37. The maximum absolute atomic E-state index is 14.4. The number of carbonyl (C=O) groups is 2. The van der Waals surface area contributed by atoms with Crippen LogP contribution < -0.4 is 18.9 Å². The van der Waals surface area contributed by atoms with Crippen LogP contribution in [0.4, 0.5) is 0 Å². The Balaban J connectivity index is 1.58. The van der Waals surface area contributed by atoms with Crippen molar-refractivity contribution in [1.29, 1.82) is 0 Å². The number of fused-ring (bicyclic) bond motifs is 2. The molecule has 0 radical (unpaired) electrons. The van der Waals surface area contributed by atoms with E-state index in [-0.39, 0.29) is 45.6 Å². The van der Waals surface area contributed by atoms with Crippen LogP contribution in [0.15, 0.2) is 72.8 Å². The highest BCUT2D eigenvalue weighted by molar-refractivity contribution is 6.11. The van der Waals surface area contributed by atoms with Crippen molar-refractivity contribution in [2.24, 2.45) is 11.8 Å². The summed E-state index contributed by atoms with van der Waals surface area (Å²) in [7, 11) is 2.93. The quantitative estimate of drug-likeness (QED) is 0.255. The van der Waals surface area contributed by atoms with Gasteiger partial charge in [-0.15, -0.1) is 0 Å². The Hall–Kier alpha value is -5.38. The number of carbonyl (C=O) groups excluding carboxylic acids is 2. The summed E-state index contributed by atoms with van der Waals surface area (Å²) in [6.07, 6.45) is -2.15. The van der Waals surface area contributed by atoms with Gasteiger partial charge in [-0.3, -0.25) is 9.59 Å². The number of benzene rings is 4. The van der Waals surface area contributed by atoms with Gasteiger partial charge in [0, 0.05) is 24.3 Å². The summed E-state index contributed by atoms with van der Waals surface area (Å²) in [5.41, 5.74) is 0.674. The van der Waals surface area contributed by atoms with E-state index >= 15 is 0 Å². The smallest absolute Gasteiger partial charge is 0.178 e. The molecule has 0 saturated carbocycles. The molecule has 2 aliphatic heterocycles. The van der Waals surface area contributed by atoms with Gasteiger partial charge in [-0.1, -0.05) is 24.3 Å². The lowest BCUT2D eigenvalue weighted by molar-refractivity contribution is 0.0129. The standard InChI is InChI=1S/C32H26O10/c1-39-19-9-5-16(6-10-19)32-28(30(38)26-22(36)13-20(40-2)14-24(26)42-32)27-29(37)25-21(35)11-18(34)12-23(25)41-31(27)15-3-7-17(33)8-4-15/h3-14,27-28,31-36H,1-2H3/t27-,28-,31-,32-/m1/s1. The number of rotatable bonds is 5. The number of ketones is 2.